The summed E-state index contributed by atoms with van der Waals surface area (Å²) in [4.78, 5) is 31.1. The zero-order valence-corrected chi connectivity index (χ0v) is 14.2. The van der Waals surface area contributed by atoms with E-state index in [-0.39, 0.29) is 17.6 Å². The van der Waals surface area contributed by atoms with Crippen LogP contribution in [0.3, 0.4) is 0 Å². The third-order valence-electron chi connectivity index (χ3n) is 4.82. The van der Waals surface area contributed by atoms with Crippen LogP contribution in [0, 0.1) is 5.92 Å². The monoisotopic (exact) mass is 350 g/mol. The van der Waals surface area contributed by atoms with Crippen LogP contribution in [0.5, 0.6) is 0 Å². The van der Waals surface area contributed by atoms with Crippen molar-refractivity contribution in [3.63, 3.8) is 0 Å². The summed E-state index contributed by atoms with van der Waals surface area (Å²) in [5, 5.41) is 11.3. The topological polar surface area (TPSA) is 93.4 Å². The van der Waals surface area contributed by atoms with Crippen LogP contribution in [0.25, 0.3) is 5.65 Å². The van der Waals surface area contributed by atoms with Crippen LogP contribution in [0.4, 0.5) is 0 Å². The molecule has 0 N–H and O–H groups in total. The minimum Gasteiger partial charge on any atom is -0.338 e. The van der Waals surface area contributed by atoms with E-state index in [1.165, 1.54) is 4.52 Å². The second kappa shape index (κ2) is 6.99. The summed E-state index contributed by atoms with van der Waals surface area (Å²) in [5.74, 6) is 0.134. The standard InChI is InChI=1S/C18H18N6O2/c25-16(12-13-3-7-19-8-4-13)14-5-10-23(11-6-14)18(26)15-2-1-9-24-17(15)20-21-22-24/h1-4,7-9,14H,5-6,10-12H2. The van der Waals surface area contributed by atoms with Crippen LogP contribution < -0.4 is 0 Å². The van der Waals surface area contributed by atoms with Crippen LogP contribution in [-0.2, 0) is 11.2 Å². The van der Waals surface area contributed by atoms with Crippen LogP contribution >= 0.6 is 0 Å². The van der Waals surface area contributed by atoms with Crippen molar-refractivity contribution >= 4 is 17.3 Å². The number of carbonyl (C=O) groups excluding carboxylic acids is 2. The number of rotatable bonds is 4. The molecule has 0 bridgehead atoms. The number of tetrazole rings is 1. The maximum atomic E-state index is 12.8. The Kier molecular flexibility index (Phi) is 4.39. The average molecular weight is 350 g/mol. The lowest BCUT2D eigenvalue weighted by atomic mass is 9.89. The van der Waals surface area contributed by atoms with Crippen LogP contribution in [0.2, 0.25) is 0 Å². The molecular formula is C18H18N6O2. The molecule has 3 aromatic rings. The van der Waals surface area contributed by atoms with Gasteiger partial charge in [0.15, 0.2) is 5.65 Å². The smallest absolute Gasteiger partial charge is 0.257 e. The molecule has 1 saturated heterocycles. The summed E-state index contributed by atoms with van der Waals surface area (Å²) in [6.45, 7) is 1.13. The van der Waals surface area contributed by atoms with E-state index in [0.29, 0.717) is 43.6 Å². The second-order valence-corrected chi connectivity index (χ2v) is 6.43. The van der Waals surface area contributed by atoms with Gasteiger partial charge < -0.3 is 4.90 Å². The zero-order chi connectivity index (χ0) is 17.9. The van der Waals surface area contributed by atoms with E-state index in [9.17, 15) is 9.59 Å². The highest BCUT2D eigenvalue weighted by molar-refractivity contribution is 5.99. The molecule has 4 rings (SSSR count). The van der Waals surface area contributed by atoms with E-state index >= 15 is 0 Å². The number of Topliss-reactive ketones (excluding diaryl/α,β-unsaturated/α-hetero) is 1. The normalized spacial score (nSPS) is 15.3. The van der Waals surface area contributed by atoms with E-state index in [1.807, 2.05) is 12.1 Å². The molecule has 0 aromatic carbocycles. The van der Waals surface area contributed by atoms with Gasteiger partial charge >= 0.3 is 0 Å². The van der Waals surface area contributed by atoms with Crippen LogP contribution in [-0.4, -0.2) is 54.7 Å². The first-order valence-electron chi connectivity index (χ1n) is 8.60. The molecule has 0 aliphatic carbocycles. The van der Waals surface area contributed by atoms with E-state index in [1.54, 1.807) is 35.6 Å². The maximum Gasteiger partial charge on any atom is 0.257 e. The van der Waals surface area contributed by atoms with Crippen LogP contribution in [0.1, 0.15) is 28.8 Å². The molecule has 0 atom stereocenters. The predicted octanol–water partition coefficient (Wildman–Crippen LogP) is 1.18. The number of likely N-dealkylation sites (tertiary alicyclic amines) is 1. The van der Waals surface area contributed by atoms with Crippen molar-refractivity contribution in [2.45, 2.75) is 19.3 Å². The molecule has 0 saturated carbocycles. The van der Waals surface area contributed by atoms with Gasteiger partial charge in [0.25, 0.3) is 5.91 Å². The summed E-state index contributed by atoms with van der Waals surface area (Å²) < 4.78 is 1.48. The van der Waals surface area contributed by atoms with Gasteiger partial charge in [-0.2, -0.15) is 4.52 Å². The van der Waals surface area contributed by atoms with Crippen molar-refractivity contribution in [2.75, 3.05) is 13.1 Å². The number of piperidine rings is 1. The number of aromatic nitrogens is 5. The number of amides is 1. The SMILES string of the molecule is O=C(Cc1ccncc1)C1CCN(C(=O)c2cccn3nnnc23)CC1. The average Bonchev–Trinajstić information content (AvgIpc) is 3.17. The number of carbonyl (C=O) groups is 2. The van der Waals surface area contributed by atoms with Gasteiger partial charge in [0.1, 0.15) is 5.78 Å². The maximum absolute atomic E-state index is 12.8. The molecule has 1 aliphatic rings. The fourth-order valence-corrected chi connectivity index (χ4v) is 3.35. The van der Waals surface area contributed by atoms with E-state index < -0.39 is 0 Å². The molecule has 1 fully saturated rings. The lowest BCUT2D eigenvalue weighted by molar-refractivity contribution is -0.123. The van der Waals surface area contributed by atoms with Gasteiger partial charge in [0.2, 0.25) is 0 Å². The Bertz CT molecular complexity index is 931. The number of hydrogen-bond donors (Lipinski definition) is 0. The Balaban J connectivity index is 1.39. The Labute approximate surface area is 149 Å². The Hall–Kier alpha value is -3.16. The molecule has 26 heavy (non-hydrogen) atoms. The molecule has 4 heterocycles. The van der Waals surface area contributed by atoms with Crippen molar-refractivity contribution in [1.29, 1.82) is 0 Å². The number of hydrogen-bond acceptors (Lipinski definition) is 6. The van der Waals surface area contributed by atoms with Gasteiger partial charge in [-0.25, -0.2) is 0 Å². The first kappa shape index (κ1) is 16.3. The second-order valence-electron chi connectivity index (χ2n) is 6.43. The van der Waals surface area contributed by atoms with Gasteiger partial charge in [-0.15, -0.1) is 5.10 Å². The summed E-state index contributed by atoms with van der Waals surface area (Å²) in [6.07, 6.45) is 6.89. The molecule has 0 radical (unpaired) electrons. The Morgan fingerprint density at radius 1 is 1.12 bits per heavy atom. The number of ketones is 1. The highest BCUT2D eigenvalue weighted by Gasteiger charge is 2.28. The van der Waals surface area contributed by atoms with Crippen molar-refractivity contribution in [3.05, 3.63) is 54.0 Å². The van der Waals surface area contributed by atoms with Gasteiger partial charge in [-0.3, -0.25) is 14.6 Å². The summed E-state index contributed by atoms with van der Waals surface area (Å²) in [7, 11) is 0. The lowest BCUT2D eigenvalue weighted by Gasteiger charge is -2.31. The molecular weight excluding hydrogens is 332 g/mol. The first-order valence-corrected chi connectivity index (χ1v) is 8.60. The van der Waals surface area contributed by atoms with Gasteiger partial charge in [0.05, 0.1) is 5.56 Å². The summed E-state index contributed by atoms with van der Waals surface area (Å²) >= 11 is 0. The van der Waals surface area contributed by atoms with Crippen molar-refractivity contribution in [1.82, 2.24) is 29.9 Å². The fraction of sp³-hybridized carbons (Fsp3) is 0.333. The van der Waals surface area contributed by atoms with E-state index in [4.69, 9.17) is 0 Å². The lowest BCUT2D eigenvalue weighted by Crippen LogP contribution is -2.40. The number of pyridine rings is 2. The molecule has 3 aromatic heterocycles. The van der Waals surface area contributed by atoms with Gasteiger partial charge in [-0.1, -0.05) is 0 Å². The zero-order valence-electron chi connectivity index (χ0n) is 14.2. The van der Waals surface area contributed by atoms with Crippen molar-refractivity contribution in [2.24, 2.45) is 5.92 Å². The predicted molar refractivity (Wildman–Crippen MR) is 92.4 cm³/mol. The molecule has 0 unspecified atom stereocenters. The minimum absolute atomic E-state index is 0.00207. The van der Waals surface area contributed by atoms with Crippen molar-refractivity contribution in [3.8, 4) is 0 Å². The molecule has 8 heteroatoms. The molecule has 1 amide bonds. The summed E-state index contributed by atoms with van der Waals surface area (Å²) in [6, 6.07) is 7.21. The molecule has 132 valence electrons. The first-order chi connectivity index (χ1) is 12.7. The molecule has 0 spiro atoms. The Morgan fingerprint density at radius 3 is 2.65 bits per heavy atom. The van der Waals surface area contributed by atoms with Gasteiger partial charge in [-0.05, 0) is 53.1 Å². The molecule has 8 nitrogen and oxygen atoms in total. The highest BCUT2D eigenvalue weighted by atomic mass is 16.2. The minimum atomic E-state index is -0.0922. The third-order valence-corrected chi connectivity index (χ3v) is 4.82. The fourth-order valence-electron chi connectivity index (χ4n) is 3.35. The summed E-state index contributed by atoms with van der Waals surface area (Å²) in [5.41, 5.74) is 1.92. The van der Waals surface area contributed by atoms with Crippen molar-refractivity contribution < 1.29 is 9.59 Å². The quantitative estimate of drug-likeness (QED) is 0.701. The molecule has 1 aliphatic heterocycles. The third kappa shape index (κ3) is 3.17. The largest absolute Gasteiger partial charge is 0.338 e. The van der Waals surface area contributed by atoms with E-state index in [0.717, 1.165) is 5.56 Å². The number of fused-ring (bicyclic) bond motifs is 1. The van der Waals surface area contributed by atoms with Crippen LogP contribution in [0.15, 0.2) is 42.9 Å². The number of nitrogens with zero attached hydrogens (tertiary/aromatic N) is 6. The highest BCUT2D eigenvalue weighted by Crippen LogP contribution is 2.22. The van der Waals surface area contributed by atoms with Gasteiger partial charge in [0, 0.05) is 44.0 Å². The van der Waals surface area contributed by atoms with E-state index in [2.05, 4.69) is 20.5 Å². The Morgan fingerprint density at radius 2 is 1.88 bits per heavy atom.